The number of nitrogens with one attached hydrogen (secondary N) is 2. The predicted molar refractivity (Wildman–Crippen MR) is 61.8 cm³/mol. The van der Waals surface area contributed by atoms with E-state index in [1.807, 2.05) is 17.5 Å². The summed E-state index contributed by atoms with van der Waals surface area (Å²) >= 11 is 1.68. The number of thiophene rings is 1. The maximum Gasteiger partial charge on any atom is 0.237 e. The summed E-state index contributed by atoms with van der Waals surface area (Å²) in [5, 5.41) is 8.23. The van der Waals surface area contributed by atoms with Crippen LogP contribution in [0.5, 0.6) is 0 Å². The molecule has 1 atom stereocenters. The molecule has 0 aromatic carbocycles. The van der Waals surface area contributed by atoms with Crippen molar-refractivity contribution in [3.05, 3.63) is 22.4 Å². The standard InChI is InChI=1S/C11H16N2OS/c14-11(10-5-1-2-6-12-10)13-8-9-4-3-7-15-9/h3-4,7,10,12H,1-2,5-6,8H2,(H,13,14)/t10-/m1/s1. The van der Waals surface area contributed by atoms with Crippen molar-refractivity contribution in [3.63, 3.8) is 0 Å². The maximum atomic E-state index is 11.7. The first-order valence-corrected chi connectivity index (χ1v) is 6.28. The molecule has 0 saturated carbocycles. The summed E-state index contributed by atoms with van der Waals surface area (Å²) in [6, 6.07) is 4.07. The summed E-state index contributed by atoms with van der Waals surface area (Å²) in [5.74, 6) is 0.142. The molecule has 2 rings (SSSR count). The molecule has 4 heteroatoms. The van der Waals surface area contributed by atoms with Crippen LogP contribution in [0.4, 0.5) is 0 Å². The lowest BCUT2D eigenvalue weighted by molar-refractivity contribution is -0.123. The second-order valence-corrected chi connectivity index (χ2v) is 4.83. The summed E-state index contributed by atoms with van der Waals surface area (Å²) in [6.07, 6.45) is 3.31. The number of hydrogen-bond acceptors (Lipinski definition) is 3. The fraction of sp³-hybridized carbons (Fsp3) is 0.545. The largest absolute Gasteiger partial charge is 0.350 e. The highest BCUT2D eigenvalue weighted by Crippen LogP contribution is 2.09. The minimum atomic E-state index is 0.0266. The van der Waals surface area contributed by atoms with Crippen LogP contribution in [0.15, 0.2) is 17.5 Å². The van der Waals surface area contributed by atoms with Gasteiger partial charge in [-0.2, -0.15) is 0 Å². The zero-order chi connectivity index (χ0) is 10.5. The van der Waals surface area contributed by atoms with Gasteiger partial charge in [-0.05, 0) is 30.8 Å². The molecule has 0 spiro atoms. The Balaban J connectivity index is 1.76. The molecule has 15 heavy (non-hydrogen) atoms. The highest BCUT2D eigenvalue weighted by molar-refractivity contribution is 7.09. The minimum absolute atomic E-state index is 0.0266. The SMILES string of the molecule is O=C(NCc1cccs1)[C@H]1CCCCN1. The summed E-state index contributed by atoms with van der Waals surface area (Å²) in [6.45, 7) is 1.63. The quantitative estimate of drug-likeness (QED) is 0.817. The number of amides is 1. The molecule has 3 nitrogen and oxygen atoms in total. The first-order valence-electron chi connectivity index (χ1n) is 5.40. The monoisotopic (exact) mass is 224 g/mol. The molecule has 1 amide bonds. The van der Waals surface area contributed by atoms with Crippen LogP contribution < -0.4 is 10.6 Å². The lowest BCUT2D eigenvalue weighted by atomic mass is 10.0. The Morgan fingerprint density at radius 3 is 3.20 bits per heavy atom. The molecule has 1 aromatic rings. The predicted octanol–water partition coefficient (Wildman–Crippen LogP) is 1.51. The van der Waals surface area contributed by atoms with Gasteiger partial charge in [-0.25, -0.2) is 0 Å². The van der Waals surface area contributed by atoms with Gasteiger partial charge in [0.1, 0.15) is 0 Å². The third kappa shape index (κ3) is 3.04. The van der Waals surface area contributed by atoms with Crippen LogP contribution >= 0.6 is 11.3 Å². The van der Waals surface area contributed by atoms with Crippen LogP contribution in [-0.2, 0) is 11.3 Å². The van der Waals surface area contributed by atoms with Crippen LogP contribution in [0.25, 0.3) is 0 Å². The van der Waals surface area contributed by atoms with E-state index in [2.05, 4.69) is 10.6 Å². The molecule has 2 N–H and O–H groups in total. The van der Waals surface area contributed by atoms with Gasteiger partial charge >= 0.3 is 0 Å². The van der Waals surface area contributed by atoms with E-state index in [0.717, 1.165) is 19.4 Å². The van der Waals surface area contributed by atoms with Gasteiger partial charge < -0.3 is 10.6 Å². The molecule has 1 saturated heterocycles. The Labute approximate surface area is 93.9 Å². The Morgan fingerprint density at radius 1 is 1.60 bits per heavy atom. The van der Waals surface area contributed by atoms with Crippen LogP contribution in [0.1, 0.15) is 24.1 Å². The van der Waals surface area contributed by atoms with Crippen molar-refractivity contribution in [1.29, 1.82) is 0 Å². The zero-order valence-corrected chi connectivity index (χ0v) is 9.48. The van der Waals surface area contributed by atoms with Gasteiger partial charge in [0.2, 0.25) is 5.91 Å². The van der Waals surface area contributed by atoms with Crippen LogP contribution in [0.3, 0.4) is 0 Å². The summed E-state index contributed by atoms with van der Waals surface area (Å²) in [4.78, 5) is 12.9. The number of carbonyl (C=O) groups excluding carboxylic acids is 1. The molecule has 1 aliphatic rings. The summed E-state index contributed by atoms with van der Waals surface area (Å²) < 4.78 is 0. The van der Waals surface area contributed by atoms with E-state index in [9.17, 15) is 4.79 Å². The van der Waals surface area contributed by atoms with Crippen molar-refractivity contribution in [3.8, 4) is 0 Å². The normalized spacial score (nSPS) is 21.2. The van der Waals surface area contributed by atoms with E-state index in [4.69, 9.17) is 0 Å². The van der Waals surface area contributed by atoms with Crippen molar-refractivity contribution in [2.75, 3.05) is 6.54 Å². The number of rotatable bonds is 3. The Hall–Kier alpha value is -0.870. The molecular weight excluding hydrogens is 208 g/mol. The Morgan fingerprint density at radius 2 is 2.53 bits per heavy atom. The van der Waals surface area contributed by atoms with Crippen molar-refractivity contribution in [2.45, 2.75) is 31.8 Å². The smallest absolute Gasteiger partial charge is 0.237 e. The Kier molecular flexibility index (Phi) is 3.75. The molecule has 0 unspecified atom stereocenters. The van der Waals surface area contributed by atoms with E-state index >= 15 is 0 Å². The topological polar surface area (TPSA) is 41.1 Å². The molecule has 1 aromatic heterocycles. The molecule has 1 fully saturated rings. The average molecular weight is 224 g/mol. The van der Waals surface area contributed by atoms with Gasteiger partial charge in [0.15, 0.2) is 0 Å². The minimum Gasteiger partial charge on any atom is -0.350 e. The summed E-state index contributed by atoms with van der Waals surface area (Å²) in [5.41, 5.74) is 0. The molecule has 0 bridgehead atoms. The second-order valence-electron chi connectivity index (χ2n) is 3.80. The number of carbonyl (C=O) groups is 1. The molecule has 1 aliphatic heterocycles. The van der Waals surface area contributed by atoms with Gasteiger partial charge in [0.25, 0.3) is 0 Å². The van der Waals surface area contributed by atoms with E-state index in [1.165, 1.54) is 11.3 Å². The van der Waals surface area contributed by atoms with E-state index < -0.39 is 0 Å². The van der Waals surface area contributed by atoms with Crippen LogP contribution in [0, 0.1) is 0 Å². The highest BCUT2D eigenvalue weighted by atomic mass is 32.1. The second kappa shape index (κ2) is 5.28. The number of piperidine rings is 1. The van der Waals surface area contributed by atoms with Crippen LogP contribution in [-0.4, -0.2) is 18.5 Å². The van der Waals surface area contributed by atoms with Gasteiger partial charge in [0, 0.05) is 4.88 Å². The molecular formula is C11H16N2OS. The molecule has 0 aliphatic carbocycles. The third-order valence-corrected chi connectivity index (χ3v) is 3.52. The van der Waals surface area contributed by atoms with Crippen molar-refractivity contribution in [2.24, 2.45) is 0 Å². The first-order chi connectivity index (χ1) is 7.36. The highest BCUT2D eigenvalue weighted by Gasteiger charge is 2.19. The van der Waals surface area contributed by atoms with E-state index in [-0.39, 0.29) is 11.9 Å². The Bertz CT molecular complexity index is 304. The van der Waals surface area contributed by atoms with Crippen molar-refractivity contribution >= 4 is 17.2 Å². The summed E-state index contributed by atoms with van der Waals surface area (Å²) in [7, 11) is 0. The van der Waals surface area contributed by atoms with Crippen molar-refractivity contribution in [1.82, 2.24) is 10.6 Å². The lowest BCUT2D eigenvalue weighted by Gasteiger charge is -2.22. The third-order valence-electron chi connectivity index (χ3n) is 2.64. The van der Waals surface area contributed by atoms with Gasteiger partial charge in [0.05, 0.1) is 12.6 Å². The fourth-order valence-electron chi connectivity index (χ4n) is 1.79. The zero-order valence-electron chi connectivity index (χ0n) is 8.66. The van der Waals surface area contributed by atoms with E-state index in [1.54, 1.807) is 11.3 Å². The van der Waals surface area contributed by atoms with Crippen molar-refractivity contribution < 1.29 is 4.79 Å². The van der Waals surface area contributed by atoms with E-state index in [0.29, 0.717) is 6.54 Å². The first kappa shape index (κ1) is 10.6. The average Bonchev–Trinajstić information content (AvgIpc) is 2.80. The fourth-order valence-corrected chi connectivity index (χ4v) is 2.43. The van der Waals surface area contributed by atoms with Gasteiger partial charge in [-0.3, -0.25) is 4.79 Å². The lowest BCUT2D eigenvalue weighted by Crippen LogP contribution is -2.46. The number of hydrogen-bond donors (Lipinski definition) is 2. The molecule has 0 radical (unpaired) electrons. The van der Waals surface area contributed by atoms with Crippen LogP contribution in [0.2, 0.25) is 0 Å². The van der Waals surface area contributed by atoms with Gasteiger partial charge in [-0.15, -0.1) is 11.3 Å². The van der Waals surface area contributed by atoms with Gasteiger partial charge in [-0.1, -0.05) is 12.5 Å². The maximum absolute atomic E-state index is 11.7. The molecule has 82 valence electrons. The molecule has 2 heterocycles.